The number of nitrogens with one attached hydrogen (secondary N) is 1. The Bertz CT molecular complexity index is 1130. The largest absolute Gasteiger partial charge is 0.325 e. The van der Waals surface area contributed by atoms with Crippen LogP contribution in [0.25, 0.3) is 6.08 Å². The van der Waals surface area contributed by atoms with E-state index < -0.39 is 15.9 Å². The molecule has 3 N–H and O–H groups in total. The second kappa shape index (κ2) is 8.76. The summed E-state index contributed by atoms with van der Waals surface area (Å²) in [6.07, 6.45) is 1.72. The highest BCUT2D eigenvalue weighted by Gasteiger charge is 2.33. The van der Waals surface area contributed by atoms with Crippen LogP contribution in [-0.4, -0.2) is 36.0 Å². The lowest BCUT2D eigenvalue weighted by Crippen LogP contribution is -2.36. The van der Waals surface area contributed by atoms with E-state index in [9.17, 15) is 18.0 Å². The second-order valence-electron chi connectivity index (χ2n) is 5.94. The van der Waals surface area contributed by atoms with Crippen molar-refractivity contribution in [1.82, 2.24) is 4.90 Å². The normalized spacial score (nSPS) is 15.8. The van der Waals surface area contributed by atoms with E-state index in [1.54, 1.807) is 6.08 Å². The van der Waals surface area contributed by atoms with Gasteiger partial charge >= 0.3 is 0 Å². The Morgan fingerprint density at radius 3 is 2.55 bits per heavy atom. The van der Waals surface area contributed by atoms with E-state index in [1.165, 1.54) is 29.2 Å². The van der Waals surface area contributed by atoms with Gasteiger partial charge in [0.15, 0.2) is 0 Å². The van der Waals surface area contributed by atoms with Gasteiger partial charge in [-0.05, 0) is 48.0 Å². The minimum atomic E-state index is -3.81. The highest BCUT2D eigenvalue weighted by molar-refractivity contribution is 9.10. The summed E-state index contributed by atoms with van der Waals surface area (Å²) in [5, 5.41) is 7.64. The van der Waals surface area contributed by atoms with Crippen molar-refractivity contribution in [3.05, 3.63) is 63.5 Å². The first-order chi connectivity index (χ1) is 13.6. The summed E-state index contributed by atoms with van der Waals surface area (Å²) in [5.41, 5.74) is 1.21. The summed E-state index contributed by atoms with van der Waals surface area (Å²) < 4.78 is 23.7. The molecular formula is C18H14BrN3O4S3. The number of benzene rings is 2. The summed E-state index contributed by atoms with van der Waals surface area (Å²) in [4.78, 5) is 26.5. The number of hydrogen-bond acceptors (Lipinski definition) is 6. The van der Waals surface area contributed by atoms with E-state index in [4.69, 9.17) is 17.4 Å². The Labute approximate surface area is 185 Å². The minimum Gasteiger partial charge on any atom is -0.325 e. The molecular weight excluding hydrogens is 498 g/mol. The number of thiocarbonyl (C=S) groups is 1. The molecule has 11 heteroatoms. The van der Waals surface area contributed by atoms with E-state index in [1.807, 2.05) is 24.3 Å². The molecule has 0 spiro atoms. The van der Waals surface area contributed by atoms with Crippen molar-refractivity contribution >= 4 is 77.8 Å². The van der Waals surface area contributed by atoms with Gasteiger partial charge in [-0.15, -0.1) is 0 Å². The first kappa shape index (κ1) is 21.7. The first-order valence-corrected chi connectivity index (χ1v) is 11.6. The molecule has 29 heavy (non-hydrogen) atoms. The molecule has 1 fully saturated rings. The van der Waals surface area contributed by atoms with Gasteiger partial charge in [-0.25, -0.2) is 13.6 Å². The third-order valence-corrected chi connectivity index (χ3v) is 6.59. The molecule has 0 atom stereocenters. The number of primary sulfonamides is 1. The Kier molecular flexibility index (Phi) is 6.54. The van der Waals surface area contributed by atoms with Crippen LogP contribution in [-0.2, 0) is 19.6 Å². The minimum absolute atomic E-state index is 0.0647. The third kappa shape index (κ3) is 5.52. The zero-order chi connectivity index (χ0) is 21.2. The monoisotopic (exact) mass is 511 g/mol. The van der Waals surface area contributed by atoms with Crippen LogP contribution < -0.4 is 10.5 Å². The number of halogens is 1. The van der Waals surface area contributed by atoms with Gasteiger partial charge in [0.2, 0.25) is 15.9 Å². The lowest BCUT2D eigenvalue weighted by Gasteiger charge is -2.14. The molecule has 2 amide bonds. The topological polar surface area (TPSA) is 110 Å². The van der Waals surface area contributed by atoms with Crippen molar-refractivity contribution in [2.45, 2.75) is 4.90 Å². The maximum absolute atomic E-state index is 12.6. The van der Waals surface area contributed by atoms with Crippen LogP contribution in [0, 0.1) is 0 Å². The molecule has 1 saturated heterocycles. The van der Waals surface area contributed by atoms with Crippen molar-refractivity contribution in [2.24, 2.45) is 5.14 Å². The maximum Gasteiger partial charge on any atom is 0.266 e. The Hall–Kier alpha value is -2.05. The standard InChI is InChI=1S/C18H14BrN3O4S3/c19-12-3-1-2-11(8-12)9-15-17(24)22(18(27)28-15)10-16(23)21-13-4-6-14(7-5-13)29(20,25)26/h1-9H,10H2,(H,21,23)(H2,20,25,26)/b15-9-. The van der Waals surface area contributed by atoms with Crippen LogP contribution >= 0.6 is 39.9 Å². The van der Waals surface area contributed by atoms with Crippen LogP contribution in [0.5, 0.6) is 0 Å². The number of hydrogen-bond donors (Lipinski definition) is 2. The van der Waals surface area contributed by atoms with Gasteiger partial charge in [0.25, 0.3) is 5.91 Å². The molecule has 0 bridgehead atoms. The number of carbonyl (C=O) groups excluding carboxylic acids is 2. The zero-order valence-corrected chi connectivity index (χ0v) is 18.7. The second-order valence-corrected chi connectivity index (χ2v) is 10.1. The average molecular weight is 512 g/mol. The Balaban J connectivity index is 1.67. The first-order valence-electron chi connectivity index (χ1n) is 8.07. The number of rotatable bonds is 5. The summed E-state index contributed by atoms with van der Waals surface area (Å²) in [5.74, 6) is -0.812. The van der Waals surface area contributed by atoms with Crippen molar-refractivity contribution in [2.75, 3.05) is 11.9 Å². The molecule has 7 nitrogen and oxygen atoms in total. The highest BCUT2D eigenvalue weighted by atomic mass is 79.9. The van der Waals surface area contributed by atoms with Crippen LogP contribution in [0.4, 0.5) is 5.69 Å². The van der Waals surface area contributed by atoms with Crippen LogP contribution in [0.2, 0.25) is 0 Å². The number of thioether (sulfide) groups is 1. The van der Waals surface area contributed by atoms with E-state index >= 15 is 0 Å². The predicted octanol–water partition coefficient (Wildman–Crippen LogP) is 2.94. The fraction of sp³-hybridized carbons (Fsp3) is 0.0556. The van der Waals surface area contributed by atoms with Gasteiger partial charge in [-0.1, -0.05) is 52.0 Å². The van der Waals surface area contributed by atoms with Crippen molar-refractivity contribution < 1.29 is 18.0 Å². The summed E-state index contributed by atoms with van der Waals surface area (Å²) >= 11 is 9.74. The molecule has 2 aromatic rings. The van der Waals surface area contributed by atoms with Gasteiger partial charge in [-0.2, -0.15) is 0 Å². The van der Waals surface area contributed by atoms with Gasteiger partial charge in [0, 0.05) is 10.2 Å². The number of anilines is 1. The van der Waals surface area contributed by atoms with Gasteiger partial charge < -0.3 is 5.32 Å². The fourth-order valence-electron chi connectivity index (χ4n) is 2.46. The molecule has 0 saturated carbocycles. The molecule has 1 heterocycles. The molecule has 1 aliphatic heterocycles. The maximum atomic E-state index is 12.6. The molecule has 0 aromatic heterocycles. The molecule has 1 aliphatic rings. The van der Waals surface area contributed by atoms with Crippen molar-refractivity contribution in [3.63, 3.8) is 0 Å². The fourth-order valence-corrected chi connectivity index (χ4v) is 4.64. The summed E-state index contributed by atoms with van der Waals surface area (Å²) in [6.45, 7) is -0.253. The van der Waals surface area contributed by atoms with Gasteiger partial charge in [0.05, 0.1) is 9.80 Å². The summed E-state index contributed by atoms with van der Waals surface area (Å²) in [6, 6.07) is 12.8. The van der Waals surface area contributed by atoms with Crippen molar-refractivity contribution in [1.29, 1.82) is 0 Å². The zero-order valence-electron chi connectivity index (χ0n) is 14.7. The lowest BCUT2D eigenvalue weighted by atomic mass is 10.2. The van der Waals surface area contributed by atoms with E-state index in [0.29, 0.717) is 10.6 Å². The smallest absolute Gasteiger partial charge is 0.266 e. The Morgan fingerprint density at radius 1 is 1.24 bits per heavy atom. The Morgan fingerprint density at radius 2 is 1.93 bits per heavy atom. The number of carbonyl (C=O) groups is 2. The van der Waals surface area contributed by atoms with Gasteiger partial charge in [0.1, 0.15) is 10.9 Å². The molecule has 3 rings (SSSR count). The predicted molar refractivity (Wildman–Crippen MR) is 120 cm³/mol. The molecule has 0 unspecified atom stereocenters. The lowest BCUT2D eigenvalue weighted by molar-refractivity contribution is -0.126. The van der Waals surface area contributed by atoms with Crippen molar-refractivity contribution in [3.8, 4) is 0 Å². The molecule has 150 valence electrons. The molecule has 0 radical (unpaired) electrons. The van der Waals surface area contributed by atoms with Crippen LogP contribution in [0.1, 0.15) is 5.56 Å². The summed E-state index contributed by atoms with van der Waals surface area (Å²) in [7, 11) is -3.81. The SMILES string of the molecule is NS(=O)(=O)c1ccc(NC(=O)CN2C(=O)/C(=C/c3cccc(Br)c3)SC2=S)cc1. The molecule has 0 aliphatic carbocycles. The third-order valence-electron chi connectivity index (χ3n) is 3.79. The quantitative estimate of drug-likeness (QED) is 0.471. The number of nitrogens with two attached hydrogens (primary N) is 1. The van der Waals surface area contributed by atoms with Crippen LogP contribution in [0.15, 0.2) is 62.8 Å². The van der Waals surface area contributed by atoms with E-state index in [-0.39, 0.29) is 21.7 Å². The number of nitrogens with zero attached hydrogens (tertiary/aromatic N) is 1. The number of sulfonamides is 1. The van der Waals surface area contributed by atoms with E-state index in [2.05, 4.69) is 21.2 Å². The van der Waals surface area contributed by atoms with Crippen LogP contribution in [0.3, 0.4) is 0 Å². The highest BCUT2D eigenvalue weighted by Crippen LogP contribution is 2.32. The molecule has 2 aromatic carbocycles. The average Bonchev–Trinajstić information content (AvgIpc) is 2.89. The van der Waals surface area contributed by atoms with Gasteiger partial charge in [-0.3, -0.25) is 14.5 Å². The number of amides is 2. The van der Waals surface area contributed by atoms with E-state index in [0.717, 1.165) is 21.8 Å².